The highest BCUT2D eigenvalue weighted by molar-refractivity contribution is 5.69. The van der Waals surface area contributed by atoms with Gasteiger partial charge in [-0.1, -0.05) is 27.2 Å². The normalized spacial score (nSPS) is 14.7. The first-order valence-electron chi connectivity index (χ1n) is 6.59. The SMILES string of the molecule is CCOC(=O)CC(O)CN(CC)CC(C)CC. The molecule has 4 nitrogen and oxygen atoms in total. The van der Waals surface area contributed by atoms with Crippen LogP contribution in [0.15, 0.2) is 0 Å². The summed E-state index contributed by atoms with van der Waals surface area (Å²) in [6.45, 7) is 11.0. The van der Waals surface area contributed by atoms with Crippen LogP contribution < -0.4 is 0 Å². The highest BCUT2D eigenvalue weighted by Gasteiger charge is 2.16. The van der Waals surface area contributed by atoms with E-state index in [1.807, 2.05) is 0 Å². The van der Waals surface area contributed by atoms with Gasteiger partial charge in [-0.25, -0.2) is 0 Å². The zero-order valence-corrected chi connectivity index (χ0v) is 11.6. The van der Waals surface area contributed by atoms with Gasteiger partial charge in [0.2, 0.25) is 0 Å². The average molecular weight is 245 g/mol. The summed E-state index contributed by atoms with van der Waals surface area (Å²) >= 11 is 0. The smallest absolute Gasteiger partial charge is 0.308 e. The topological polar surface area (TPSA) is 49.8 Å². The van der Waals surface area contributed by atoms with E-state index in [1.54, 1.807) is 6.92 Å². The van der Waals surface area contributed by atoms with Crippen LogP contribution in [-0.2, 0) is 9.53 Å². The Bertz CT molecular complexity index is 209. The van der Waals surface area contributed by atoms with Crippen molar-refractivity contribution in [2.75, 3.05) is 26.2 Å². The third-order valence-electron chi connectivity index (χ3n) is 2.89. The van der Waals surface area contributed by atoms with Crippen molar-refractivity contribution in [3.05, 3.63) is 0 Å². The molecule has 2 atom stereocenters. The van der Waals surface area contributed by atoms with E-state index in [2.05, 4.69) is 25.7 Å². The summed E-state index contributed by atoms with van der Waals surface area (Å²) in [4.78, 5) is 13.4. The summed E-state index contributed by atoms with van der Waals surface area (Å²) in [6.07, 6.45) is 0.591. The molecule has 0 aromatic carbocycles. The van der Waals surface area contributed by atoms with E-state index in [0.29, 0.717) is 19.1 Å². The highest BCUT2D eigenvalue weighted by atomic mass is 16.5. The Labute approximate surface area is 105 Å². The molecule has 0 fully saturated rings. The van der Waals surface area contributed by atoms with Gasteiger partial charge in [0.25, 0.3) is 0 Å². The highest BCUT2D eigenvalue weighted by Crippen LogP contribution is 2.06. The minimum absolute atomic E-state index is 0.0881. The lowest BCUT2D eigenvalue weighted by atomic mass is 10.1. The van der Waals surface area contributed by atoms with Crippen LogP contribution in [-0.4, -0.2) is 48.3 Å². The number of carbonyl (C=O) groups excluding carboxylic acids is 1. The zero-order valence-electron chi connectivity index (χ0n) is 11.6. The van der Waals surface area contributed by atoms with Crippen molar-refractivity contribution in [2.45, 2.75) is 46.6 Å². The van der Waals surface area contributed by atoms with Crippen molar-refractivity contribution in [3.63, 3.8) is 0 Å². The van der Waals surface area contributed by atoms with Gasteiger partial charge in [0.1, 0.15) is 0 Å². The molecule has 0 aliphatic heterocycles. The fourth-order valence-corrected chi connectivity index (χ4v) is 1.68. The lowest BCUT2D eigenvalue weighted by Crippen LogP contribution is -2.36. The number of esters is 1. The van der Waals surface area contributed by atoms with Crippen LogP contribution in [0.25, 0.3) is 0 Å². The van der Waals surface area contributed by atoms with E-state index < -0.39 is 6.10 Å². The predicted molar refractivity (Wildman–Crippen MR) is 68.8 cm³/mol. The van der Waals surface area contributed by atoms with Crippen molar-refractivity contribution in [3.8, 4) is 0 Å². The molecule has 2 unspecified atom stereocenters. The maximum atomic E-state index is 11.2. The van der Waals surface area contributed by atoms with Crippen molar-refractivity contribution in [2.24, 2.45) is 5.92 Å². The van der Waals surface area contributed by atoms with E-state index in [0.717, 1.165) is 19.5 Å². The Morgan fingerprint density at radius 2 is 1.94 bits per heavy atom. The van der Waals surface area contributed by atoms with Crippen LogP contribution >= 0.6 is 0 Å². The number of nitrogens with zero attached hydrogens (tertiary/aromatic N) is 1. The van der Waals surface area contributed by atoms with Gasteiger partial charge in [-0.15, -0.1) is 0 Å². The van der Waals surface area contributed by atoms with Crippen molar-refractivity contribution < 1.29 is 14.6 Å². The number of aliphatic hydroxyl groups excluding tert-OH is 1. The second-order valence-electron chi connectivity index (χ2n) is 4.53. The minimum atomic E-state index is -0.627. The van der Waals surface area contributed by atoms with Gasteiger partial charge in [0, 0.05) is 13.1 Å². The van der Waals surface area contributed by atoms with Gasteiger partial charge in [-0.05, 0) is 19.4 Å². The number of likely N-dealkylation sites (N-methyl/N-ethyl adjacent to an activating group) is 1. The standard InChI is InChI=1S/C13H27NO3/c1-5-11(4)9-14(6-2)10-12(15)8-13(16)17-7-3/h11-12,15H,5-10H2,1-4H3. The number of hydrogen-bond donors (Lipinski definition) is 1. The molecule has 0 aromatic rings. The monoisotopic (exact) mass is 245 g/mol. The molecule has 0 aliphatic carbocycles. The van der Waals surface area contributed by atoms with Gasteiger partial charge < -0.3 is 14.7 Å². The molecule has 0 saturated carbocycles. The van der Waals surface area contributed by atoms with Crippen molar-refractivity contribution in [1.29, 1.82) is 0 Å². The maximum Gasteiger partial charge on any atom is 0.308 e. The van der Waals surface area contributed by atoms with Crippen LogP contribution in [0.3, 0.4) is 0 Å². The summed E-state index contributed by atoms with van der Waals surface area (Å²) in [6, 6.07) is 0. The predicted octanol–water partition coefficient (Wildman–Crippen LogP) is 1.67. The van der Waals surface area contributed by atoms with Crippen LogP contribution in [0.2, 0.25) is 0 Å². The van der Waals surface area contributed by atoms with E-state index in [4.69, 9.17) is 4.74 Å². The fourth-order valence-electron chi connectivity index (χ4n) is 1.68. The molecule has 102 valence electrons. The maximum absolute atomic E-state index is 11.2. The Hall–Kier alpha value is -0.610. The average Bonchev–Trinajstić information content (AvgIpc) is 2.27. The number of rotatable bonds is 9. The molecule has 4 heteroatoms. The Morgan fingerprint density at radius 1 is 1.29 bits per heavy atom. The van der Waals surface area contributed by atoms with Crippen LogP contribution in [0.4, 0.5) is 0 Å². The summed E-state index contributed by atoms with van der Waals surface area (Å²) in [7, 11) is 0. The van der Waals surface area contributed by atoms with E-state index in [-0.39, 0.29) is 12.4 Å². The molecule has 0 saturated heterocycles. The Morgan fingerprint density at radius 3 is 2.41 bits per heavy atom. The summed E-state index contributed by atoms with van der Waals surface area (Å²) in [5.41, 5.74) is 0. The molecule has 0 radical (unpaired) electrons. The number of ether oxygens (including phenoxy) is 1. The van der Waals surface area contributed by atoms with Crippen molar-refractivity contribution >= 4 is 5.97 Å². The van der Waals surface area contributed by atoms with Gasteiger partial charge in [-0.2, -0.15) is 0 Å². The second kappa shape index (κ2) is 9.42. The van der Waals surface area contributed by atoms with Crippen LogP contribution in [0.1, 0.15) is 40.5 Å². The molecule has 0 rings (SSSR count). The van der Waals surface area contributed by atoms with Gasteiger partial charge in [0.15, 0.2) is 0 Å². The lowest BCUT2D eigenvalue weighted by molar-refractivity contribution is -0.145. The molecular weight excluding hydrogens is 218 g/mol. The van der Waals surface area contributed by atoms with E-state index in [1.165, 1.54) is 0 Å². The van der Waals surface area contributed by atoms with Crippen LogP contribution in [0.5, 0.6) is 0 Å². The molecule has 0 aliphatic rings. The molecule has 0 heterocycles. The first-order chi connectivity index (χ1) is 8.03. The van der Waals surface area contributed by atoms with Gasteiger partial charge in [-0.3, -0.25) is 4.79 Å². The summed E-state index contributed by atoms with van der Waals surface area (Å²) in [5, 5.41) is 9.79. The zero-order chi connectivity index (χ0) is 13.3. The Kier molecular flexibility index (Phi) is 9.09. The van der Waals surface area contributed by atoms with Gasteiger partial charge >= 0.3 is 5.97 Å². The molecule has 17 heavy (non-hydrogen) atoms. The number of aliphatic hydroxyl groups is 1. The molecule has 0 aromatic heterocycles. The number of carbonyl (C=O) groups is 1. The molecule has 1 N–H and O–H groups in total. The van der Waals surface area contributed by atoms with Gasteiger partial charge in [0.05, 0.1) is 19.1 Å². The third kappa shape index (κ3) is 8.16. The minimum Gasteiger partial charge on any atom is -0.466 e. The van der Waals surface area contributed by atoms with Crippen LogP contribution in [0, 0.1) is 5.92 Å². The largest absolute Gasteiger partial charge is 0.466 e. The second-order valence-corrected chi connectivity index (χ2v) is 4.53. The first kappa shape index (κ1) is 16.4. The molecule has 0 bridgehead atoms. The van der Waals surface area contributed by atoms with E-state index in [9.17, 15) is 9.90 Å². The molecular formula is C13H27NO3. The summed E-state index contributed by atoms with van der Waals surface area (Å²) in [5.74, 6) is 0.296. The fraction of sp³-hybridized carbons (Fsp3) is 0.923. The first-order valence-corrected chi connectivity index (χ1v) is 6.59. The lowest BCUT2D eigenvalue weighted by Gasteiger charge is -2.25. The number of hydrogen-bond acceptors (Lipinski definition) is 4. The quantitative estimate of drug-likeness (QED) is 0.628. The summed E-state index contributed by atoms with van der Waals surface area (Å²) < 4.78 is 4.81. The van der Waals surface area contributed by atoms with Crippen molar-refractivity contribution in [1.82, 2.24) is 4.90 Å². The Balaban J connectivity index is 3.96. The molecule has 0 amide bonds. The molecule has 0 spiro atoms. The third-order valence-corrected chi connectivity index (χ3v) is 2.89. The van der Waals surface area contributed by atoms with E-state index >= 15 is 0 Å².